The summed E-state index contributed by atoms with van der Waals surface area (Å²) in [6.45, 7) is 2.75. The van der Waals surface area contributed by atoms with E-state index in [0.29, 0.717) is 23.7 Å². The number of nitrogen functional groups attached to an aromatic ring is 1. The van der Waals surface area contributed by atoms with Gasteiger partial charge in [0.25, 0.3) is 0 Å². The van der Waals surface area contributed by atoms with Gasteiger partial charge in [0.2, 0.25) is 5.88 Å². The monoisotopic (exact) mass is 339 g/mol. The number of aromatic nitrogens is 3. The van der Waals surface area contributed by atoms with Crippen molar-refractivity contribution in [3.8, 4) is 11.9 Å². The fourth-order valence-corrected chi connectivity index (χ4v) is 4.18. The smallest absolute Gasteiger partial charge is 0.226 e. The lowest BCUT2D eigenvalue weighted by Crippen LogP contribution is -2.28. The van der Waals surface area contributed by atoms with Crippen molar-refractivity contribution in [3.05, 3.63) is 12.3 Å². The lowest BCUT2D eigenvalue weighted by atomic mass is 9.76. The molecule has 0 saturated heterocycles. The molecule has 2 aromatic heterocycles. The van der Waals surface area contributed by atoms with E-state index in [9.17, 15) is 5.26 Å². The molecule has 2 aliphatic carbocycles. The molecule has 132 valence electrons. The Morgan fingerprint density at radius 2 is 2.28 bits per heavy atom. The van der Waals surface area contributed by atoms with Crippen LogP contribution in [0.25, 0.3) is 10.9 Å². The molecular formula is C19H25N5O. The molecule has 6 nitrogen and oxygen atoms in total. The van der Waals surface area contributed by atoms with Crippen molar-refractivity contribution in [2.75, 3.05) is 12.3 Å². The maximum atomic E-state index is 9.70. The third-order valence-electron chi connectivity index (χ3n) is 5.87. The molecule has 0 bridgehead atoms. The number of hydrogen-bond donors (Lipinski definition) is 1. The minimum atomic E-state index is -0.00336. The SMILES string of the molecule is CCCCOc1nccc2c1c(N)nn2[C@@H]1CCC2(CC2)C[C@@H]1C#N. The third-order valence-corrected chi connectivity index (χ3v) is 5.87. The Balaban J connectivity index is 1.68. The van der Waals surface area contributed by atoms with Crippen LogP contribution in [0.3, 0.4) is 0 Å². The summed E-state index contributed by atoms with van der Waals surface area (Å²) in [5.74, 6) is 0.993. The first-order valence-electron chi connectivity index (χ1n) is 9.32. The predicted octanol–water partition coefficient (Wildman–Crippen LogP) is 3.84. The minimum absolute atomic E-state index is 0.00336. The molecule has 0 radical (unpaired) electrons. The van der Waals surface area contributed by atoms with Gasteiger partial charge in [-0.05, 0) is 50.0 Å². The number of nitrogens with two attached hydrogens (primary N) is 1. The molecule has 2 aliphatic rings. The molecule has 2 atom stereocenters. The molecule has 4 rings (SSSR count). The summed E-state index contributed by atoms with van der Waals surface area (Å²) in [7, 11) is 0. The Hall–Kier alpha value is -2.29. The first kappa shape index (κ1) is 16.2. The van der Waals surface area contributed by atoms with Crippen molar-refractivity contribution in [2.24, 2.45) is 11.3 Å². The Morgan fingerprint density at radius 3 is 3.00 bits per heavy atom. The van der Waals surface area contributed by atoms with E-state index in [0.717, 1.165) is 36.6 Å². The molecular weight excluding hydrogens is 314 g/mol. The van der Waals surface area contributed by atoms with E-state index < -0.39 is 0 Å². The molecule has 2 fully saturated rings. The lowest BCUT2D eigenvalue weighted by molar-refractivity contribution is 0.200. The van der Waals surface area contributed by atoms with Crippen molar-refractivity contribution < 1.29 is 4.74 Å². The highest BCUT2D eigenvalue weighted by atomic mass is 16.5. The first-order chi connectivity index (χ1) is 12.2. The molecule has 0 amide bonds. The van der Waals surface area contributed by atoms with Crippen LogP contribution in [0.2, 0.25) is 0 Å². The van der Waals surface area contributed by atoms with Crippen molar-refractivity contribution >= 4 is 16.7 Å². The van der Waals surface area contributed by atoms with E-state index in [1.165, 1.54) is 19.3 Å². The molecule has 2 saturated carbocycles. The zero-order valence-corrected chi connectivity index (χ0v) is 14.7. The summed E-state index contributed by atoms with van der Waals surface area (Å²) < 4.78 is 7.79. The zero-order valence-electron chi connectivity index (χ0n) is 14.7. The van der Waals surface area contributed by atoms with Gasteiger partial charge in [-0.2, -0.15) is 10.4 Å². The van der Waals surface area contributed by atoms with Crippen LogP contribution in [-0.2, 0) is 0 Å². The van der Waals surface area contributed by atoms with Gasteiger partial charge in [-0.15, -0.1) is 0 Å². The molecule has 1 spiro atoms. The van der Waals surface area contributed by atoms with Gasteiger partial charge in [0.05, 0.1) is 30.2 Å². The number of anilines is 1. The van der Waals surface area contributed by atoms with E-state index in [1.807, 2.05) is 10.7 Å². The average Bonchev–Trinajstić information content (AvgIpc) is 3.29. The second kappa shape index (κ2) is 6.21. The fraction of sp³-hybridized carbons (Fsp3) is 0.632. The van der Waals surface area contributed by atoms with E-state index in [1.54, 1.807) is 6.20 Å². The van der Waals surface area contributed by atoms with Crippen LogP contribution >= 0.6 is 0 Å². The second-order valence-corrected chi connectivity index (χ2v) is 7.59. The second-order valence-electron chi connectivity index (χ2n) is 7.59. The summed E-state index contributed by atoms with van der Waals surface area (Å²) in [5, 5.41) is 15.1. The third kappa shape index (κ3) is 2.82. The molecule has 25 heavy (non-hydrogen) atoms. The van der Waals surface area contributed by atoms with Gasteiger partial charge in [0.1, 0.15) is 5.39 Å². The number of unbranched alkanes of at least 4 members (excludes halogenated alkanes) is 1. The van der Waals surface area contributed by atoms with E-state index in [2.05, 4.69) is 23.1 Å². The van der Waals surface area contributed by atoms with Gasteiger partial charge in [0.15, 0.2) is 5.82 Å². The average molecular weight is 339 g/mol. The molecule has 0 aliphatic heterocycles. The van der Waals surface area contributed by atoms with Gasteiger partial charge >= 0.3 is 0 Å². The van der Waals surface area contributed by atoms with Crippen molar-refractivity contribution in [3.63, 3.8) is 0 Å². The summed E-state index contributed by atoms with van der Waals surface area (Å²) in [6.07, 6.45) is 9.50. The standard InChI is InChI=1S/C19H25N5O/c1-2-3-10-25-18-16-15(5-9-22-18)24(23-17(16)21)14-4-6-19(7-8-19)11-13(14)12-20/h5,9,13-14H,2-4,6-8,10-11H2,1H3,(H2,21,23)/t13-,14-/m1/s1. The van der Waals surface area contributed by atoms with Crippen molar-refractivity contribution in [1.29, 1.82) is 5.26 Å². The molecule has 0 unspecified atom stereocenters. The highest BCUT2D eigenvalue weighted by Gasteiger charge is 2.49. The predicted molar refractivity (Wildman–Crippen MR) is 96.0 cm³/mol. The molecule has 2 heterocycles. The van der Waals surface area contributed by atoms with E-state index in [-0.39, 0.29) is 12.0 Å². The van der Waals surface area contributed by atoms with Crippen LogP contribution in [0.1, 0.15) is 57.9 Å². The number of pyridine rings is 1. The Bertz CT molecular complexity index is 817. The number of fused-ring (bicyclic) bond motifs is 1. The van der Waals surface area contributed by atoms with Crippen LogP contribution < -0.4 is 10.5 Å². The Morgan fingerprint density at radius 1 is 1.44 bits per heavy atom. The van der Waals surface area contributed by atoms with Crippen LogP contribution in [0, 0.1) is 22.7 Å². The molecule has 0 aromatic carbocycles. The number of rotatable bonds is 5. The van der Waals surface area contributed by atoms with Crippen molar-refractivity contribution in [2.45, 2.75) is 57.9 Å². The van der Waals surface area contributed by atoms with Gasteiger partial charge in [-0.1, -0.05) is 13.3 Å². The highest BCUT2D eigenvalue weighted by Crippen LogP contribution is 2.59. The number of nitriles is 1. The van der Waals surface area contributed by atoms with Crippen LogP contribution in [0.5, 0.6) is 5.88 Å². The van der Waals surface area contributed by atoms with Gasteiger partial charge in [-0.3, -0.25) is 4.68 Å². The molecule has 2 aromatic rings. The van der Waals surface area contributed by atoms with Crippen molar-refractivity contribution in [1.82, 2.24) is 14.8 Å². The summed E-state index contributed by atoms with van der Waals surface area (Å²) in [6, 6.07) is 4.55. The normalized spacial score (nSPS) is 24.3. The minimum Gasteiger partial charge on any atom is -0.477 e. The lowest BCUT2D eigenvalue weighted by Gasteiger charge is -2.33. The molecule has 6 heteroatoms. The zero-order chi connectivity index (χ0) is 17.4. The molecule has 2 N–H and O–H groups in total. The van der Waals surface area contributed by atoms with Crippen LogP contribution in [0.4, 0.5) is 5.82 Å². The van der Waals surface area contributed by atoms with Gasteiger partial charge < -0.3 is 10.5 Å². The number of hydrogen-bond acceptors (Lipinski definition) is 5. The summed E-state index contributed by atoms with van der Waals surface area (Å²) in [4.78, 5) is 4.35. The van der Waals surface area contributed by atoms with Gasteiger partial charge in [-0.25, -0.2) is 4.98 Å². The maximum absolute atomic E-state index is 9.70. The quantitative estimate of drug-likeness (QED) is 0.836. The van der Waals surface area contributed by atoms with Crippen LogP contribution in [0.15, 0.2) is 12.3 Å². The Kier molecular flexibility index (Phi) is 4.03. The van der Waals surface area contributed by atoms with Gasteiger partial charge in [0, 0.05) is 6.20 Å². The first-order valence-corrected chi connectivity index (χ1v) is 9.32. The number of ether oxygens (including phenoxy) is 1. The van der Waals surface area contributed by atoms with Crippen LogP contribution in [-0.4, -0.2) is 21.4 Å². The van der Waals surface area contributed by atoms with E-state index >= 15 is 0 Å². The number of nitrogens with zero attached hydrogens (tertiary/aromatic N) is 4. The largest absolute Gasteiger partial charge is 0.477 e. The maximum Gasteiger partial charge on any atom is 0.226 e. The fourth-order valence-electron chi connectivity index (χ4n) is 4.18. The van der Waals surface area contributed by atoms with E-state index in [4.69, 9.17) is 10.5 Å². The summed E-state index contributed by atoms with van der Waals surface area (Å²) in [5.41, 5.74) is 7.58. The highest BCUT2D eigenvalue weighted by molar-refractivity contribution is 5.93. The topological polar surface area (TPSA) is 89.8 Å². The Labute approximate surface area is 148 Å². The summed E-state index contributed by atoms with van der Waals surface area (Å²) >= 11 is 0.